The molecular weight excluding hydrogens is 284 g/mol. The van der Waals surface area contributed by atoms with E-state index in [1.807, 2.05) is 11.8 Å². The van der Waals surface area contributed by atoms with Crippen LogP contribution in [0.15, 0.2) is 12.4 Å². The van der Waals surface area contributed by atoms with Crippen LogP contribution in [-0.2, 0) is 4.74 Å². The zero-order valence-corrected chi connectivity index (χ0v) is 13.0. The molecule has 5 nitrogen and oxygen atoms in total. The Hall–Kier alpha value is -1.01. The van der Waals surface area contributed by atoms with E-state index in [0.29, 0.717) is 18.1 Å². The van der Waals surface area contributed by atoms with E-state index in [9.17, 15) is 0 Å². The van der Waals surface area contributed by atoms with E-state index in [1.54, 1.807) is 6.33 Å². The zero-order valence-electron chi connectivity index (χ0n) is 12.2. The van der Waals surface area contributed by atoms with Gasteiger partial charge in [0.05, 0.1) is 6.10 Å². The maximum absolute atomic E-state index is 5.78. The number of fused-ring (bicyclic) bond motifs is 1. The number of aromatic nitrogens is 2. The van der Waals surface area contributed by atoms with Gasteiger partial charge in [-0.25, -0.2) is 9.97 Å². The molecule has 1 aromatic heterocycles. The molecule has 0 bridgehead atoms. The van der Waals surface area contributed by atoms with Crippen molar-refractivity contribution in [2.45, 2.75) is 31.4 Å². The minimum Gasteiger partial charge on any atom is -0.378 e. The van der Waals surface area contributed by atoms with Crippen LogP contribution in [0.2, 0.25) is 0 Å². The van der Waals surface area contributed by atoms with Crippen LogP contribution < -0.4 is 10.2 Å². The van der Waals surface area contributed by atoms with Crippen molar-refractivity contribution in [2.75, 3.05) is 41.4 Å². The summed E-state index contributed by atoms with van der Waals surface area (Å²) in [6, 6.07) is 2.63. The van der Waals surface area contributed by atoms with E-state index in [0.717, 1.165) is 37.8 Å². The van der Waals surface area contributed by atoms with Crippen LogP contribution in [0, 0.1) is 5.92 Å². The second-order valence-electron chi connectivity index (χ2n) is 6.06. The standard InChI is InChI=1S/C15H22N4OS/c1-2-11-12(8-13(11)20-5-1)18-14-9-15(17-10-16-14)19-3-6-21-7-4-19/h9-13H,1-8H2,(H,16,17,18)/t11-,12+,13-/m0/s1. The number of hydrogen-bond donors (Lipinski definition) is 1. The van der Waals surface area contributed by atoms with Gasteiger partial charge in [-0.2, -0.15) is 11.8 Å². The summed E-state index contributed by atoms with van der Waals surface area (Å²) in [7, 11) is 0. The summed E-state index contributed by atoms with van der Waals surface area (Å²) >= 11 is 2.02. The zero-order chi connectivity index (χ0) is 14.1. The van der Waals surface area contributed by atoms with E-state index in [-0.39, 0.29) is 0 Å². The van der Waals surface area contributed by atoms with Gasteiger partial charge in [-0.05, 0) is 19.3 Å². The molecule has 0 aromatic carbocycles. The predicted molar refractivity (Wildman–Crippen MR) is 86.1 cm³/mol. The van der Waals surface area contributed by atoms with Gasteiger partial charge in [0.2, 0.25) is 0 Å². The minimum absolute atomic E-state index is 0.483. The third-order valence-electron chi connectivity index (χ3n) is 4.82. The van der Waals surface area contributed by atoms with Crippen molar-refractivity contribution in [3.05, 3.63) is 12.4 Å². The Morgan fingerprint density at radius 3 is 3.05 bits per heavy atom. The lowest BCUT2D eigenvalue weighted by Gasteiger charge is -2.47. The first-order valence-corrected chi connectivity index (χ1v) is 9.08. The summed E-state index contributed by atoms with van der Waals surface area (Å²) in [5.74, 6) is 5.08. The van der Waals surface area contributed by atoms with Crippen molar-refractivity contribution >= 4 is 23.4 Å². The number of ether oxygens (including phenoxy) is 1. The molecule has 4 rings (SSSR count). The number of hydrogen-bond acceptors (Lipinski definition) is 6. The molecule has 114 valence electrons. The molecule has 3 heterocycles. The summed E-state index contributed by atoms with van der Waals surface area (Å²) in [4.78, 5) is 11.2. The molecule has 1 saturated carbocycles. The molecule has 2 saturated heterocycles. The highest BCUT2D eigenvalue weighted by Crippen LogP contribution is 2.39. The van der Waals surface area contributed by atoms with Crippen molar-refractivity contribution in [3.63, 3.8) is 0 Å². The highest BCUT2D eigenvalue weighted by molar-refractivity contribution is 7.99. The van der Waals surface area contributed by atoms with Gasteiger partial charge in [0.25, 0.3) is 0 Å². The van der Waals surface area contributed by atoms with Gasteiger partial charge in [0.15, 0.2) is 0 Å². The fourth-order valence-corrected chi connectivity index (χ4v) is 4.45. The normalized spacial score (nSPS) is 32.2. The first-order valence-electron chi connectivity index (χ1n) is 7.93. The predicted octanol–water partition coefficient (Wildman–Crippen LogP) is 2.01. The van der Waals surface area contributed by atoms with Crippen LogP contribution in [0.4, 0.5) is 11.6 Å². The molecular formula is C15H22N4OS. The van der Waals surface area contributed by atoms with Crippen molar-refractivity contribution in [3.8, 4) is 0 Å². The maximum atomic E-state index is 5.78. The molecule has 3 atom stereocenters. The molecule has 21 heavy (non-hydrogen) atoms. The monoisotopic (exact) mass is 306 g/mol. The first kappa shape index (κ1) is 13.6. The summed E-state index contributed by atoms with van der Waals surface area (Å²) in [6.07, 6.45) is 5.76. The van der Waals surface area contributed by atoms with Crippen LogP contribution in [0.3, 0.4) is 0 Å². The molecule has 0 spiro atoms. The Bertz CT molecular complexity index is 494. The third kappa shape index (κ3) is 2.83. The van der Waals surface area contributed by atoms with E-state index in [1.165, 1.54) is 24.3 Å². The lowest BCUT2D eigenvalue weighted by Crippen LogP contribution is -2.53. The molecule has 1 aromatic rings. The largest absolute Gasteiger partial charge is 0.378 e. The molecule has 2 aliphatic heterocycles. The van der Waals surface area contributed by atoms with Gasteiger partial charge >= 0.3 is 0 Å². The maximum Gasteiger partial charge on any atom is 0.134 e. The highest BCUT2D eigenvalue weighted by Gasteiger charge is 2.43. The van der Waals surface area contributed by atoms with Gasteiger partial charge in [-0.15, -0.1) is 0 Å². The lowest BCUT2D eigenvalue weighted by molar-refractivity contribution is -0.0898. The first-order chi connectivity index (χ1) is 10.4. The molecule has 1 N–H and O–H groups in total. The molecule has 3 fully saturated rings. The van der Waals surface area contributed by atoms with E-state index in [4.69, 9.17) is 4.74 Å². The van der Waals surface area contributed by atoms with Crippen LogP contribution in [0.1, 0.15) is 19.3 Å². The number of thioether (sulfide) groups is 1. The molecule has 0 radical (unpaired) electrons. The highest BCUT2D eigenvalue weighted by atomic mass is 32.2. The number of rotatable bonds is 3. The third-order valence-corrected chi connectivity index (χ3v) is 5.76. The number of anilines is 2. The topological polar surface area (TPSA) is 50.3 Å². The summed E-state index contributed by atoms with van der Waals surface area (Å²) in [5, 5.41) is 3.59. The quantitative estimate of drug-likeness (QED) is 0.922. The van der Waals surface area contributed by atoms with Crippen LogP contribution in [0.25, 0.3) is 0 Å². The van der Waals surface area contributed by atoms with Crippen molar-refractivity contribution < 1.29 is 4.74 Å². The number of nitrogens with zero attached hydrogens (tertiary/aromatic N) is 3. The van der Waals surface area contributed by atoms with Crippen LogP contribution in [-0.4, -0.2) is 53.3 Å². The molecule has 0 unspecified atom stereocenters. The van der Waals surface area contributed by atoms with E-state index in [2.05, 4.69) is 26.3 Å². The molecule has 6 heteroatoms. The average molecular weight is 306 g/mol. The summed E-state index contributed by atoms with van der Waals surface area (Å²) in [5.41, 5.74) is 0. The summed E-state index contributed by atoms with van der Waals surface area (Å²) in [6.45, 7) is 3.12. The second-order valence-corrected chi connectivity index (χ2v) is 7.29. The SMILES string of the molecule is c1nc(N[C@@H]2C[C@@H]3OCCC[C@H]32)cc(N2CCSCC2)n1. The minimum atomic E-state index is 0.483. The summed E-state index contributed by atoms with van der Waals surface area (Å²) < 4.78 is 5.78. The Labute approximate surface area is 129 Å². The van der Waals surface area contributed by atoms with Crippen molar-refractivity contribution in [1.29, 1.82) is 0 Å². The smallest absolute Gasteiger partial charge is 0.134 e. The van der Waals surface area contributed by atoms with Crippen molar-refractivity contribution in [1.82, 2.24) is 9.97 Å². The fraction of sp³-hybridized carbons (Fsp3) is 0.733. The molecule has 1 aliphatic carbocycles. The van der Waals surface area contributed by atoms with Crippen LogP contribution >= 0.6 is 11.8 Å². The Balaban J connectivity index is 1.41. The fourth-order valence-electron chi connectivity index (χ4n) is 3.54. The lowest BCUT2D eigenvalue weighted by atomic mass is 9.72. The molecule has 3 aliphatic rings. The molecule has 0 amide bonds. The average Bonchev–Trinajstić information content (AvgIpc) is 2.54. The van der Waals surface area contributed by atoms with Gasteiger partial charge < -0.3 is 15.0 Å². The van der Waals surface area contributed by atoms with Gasteiger partial charge in [0.1, 0.15) is 18.0 Å². The van der Waals surface area contributed by atoms with Gasteiger partial charge in [-0.3, -0.25) is 0 Å². The van der Waals surface area contributed by atoms with E-state index < -0.39 is 0 Å². The second kappa shape index (κ2) is 6.01. The van der Waals surface area contributed by atoms with Gasteiger partial charge in [-0.1, -0.05) is 0 Å². The van der Waals surface area contributed by atoms with Crippen LogP contribution in [0.5, 0.6) is 0 Å². The van der Waals surface area contributed by atoms with Crippen molar-refractivity contribution in [2.24, 2.45) is 5.92 Å². The van der Waals surface area contributed by atoms with E-state index >= 15 is 0 Å². The number of nitrogens with one attached hydrogen (secondary N) is 1. The Morgan fingerprint density at radius 1 is 1.29 bits per heavy atom. The Kier molecular flexibility index (Phi) is 3.90. The Morgan fingerprint density at radius 2 is 2.19 bits per heavy atom. The van der Waals surface area contributed by atoms with Gasteiger partial charge in [0, 0.05) is 49.2 Å².